The zero-order valence-electron chi connectivity index (χ0n) is 15.7. The number of benzene rings is 1. The molecule has 1 aromatic carbocycles. The van der Waals surface area contributed by atoms with Gasteiger partial charge in [0.15, 0.2) is 0 Å². The summed E-state index contributed by atoms with van der Waals surface area (Å²) in [5.41, 5.74) is 2.76. The van der Waals surface area contributed by atoms with Gasteiger partial charge in [-0.05, 0) is 31.7 Å². The predicted molar refractivity (Wildman–Crippen MR) is 98.8 cm³/mol. The van der Waals surface area contributed by atoms with E-state index >= 15 is 0 Å². The molecule has 1 unspecified atom stereocenters. The molecule has 0 radical (unpaired) electrons. The minimum absolute atomic E-state index is 0.155. The van der Waals surface area contributed by atoms with Crippen LogP contribution in [0.3, 0.4) is 0 Å². The van der Waals surface area contributed by atoms with Crippen molar-refractivity contribution in [3.8, 4) is 0 Å². The topological polar surface area (TPSA) is 49.1 Å². The van der Waals surface area contributed by atoms with Crippen molar-refractivity contribution in [2.24, 2.45) is 5.10 Å². The third-order valence-corrected chi connectivity index (χ3v) is 4.60. The van der Waals surface area contributed by atoms with Gasteiger partial charge in [-0.15, -0.1) is 0 Å². The number of hydrazone groups is 1. The van der Waals surface area contributed by atoms with Crippen LogP contribution in [0.4, 0.5) is 13.2 Å². The van der Waals surface area contributed by atoms with Gasteiger partial charge in [0.1, 0.15) is 11.8 Å². The molecule has 150 valence electrons. The zero-order valence-corrected chi connectivity index (χ0v) is 15.7. The molecule has 0 aliphatic carbocycles. The first-order valence-electron chi connectivity index (χ1n) is 8.98. The van der Waals surface area contributed by atoms with E-state index in [1.807, 2.05) is 31.2 Å². The summed E-state index contributed by atoms with van der Waals surface area (Å²) in [6.45, 7) is 1.58. The molecular weight excluding hydrogens is 371 g/mol. The molecule has 3 rings (SSSR count). The Morgan fingerprint density at radius 1 is 1.29 bits per heavy atom. The fourth-order valence-electron chi connectivity index (χ4n) is 3.06. The van der Waals surface area contributed by atoms with E-state index in [9.17, 15) is 18.0 Å². The van der Waals surface area contributed by atoms with Crippen molar-refractivity contribution in [2.75, 3.05) is 20.1 Å². The fourth-order valence-corrected chi connectivity index (χ4v) is 3.06. The van der Waals surface area contributed by atoms with Crippen molar-refractivity contribution >= 4 is 11.6 Å². The molecular formula is C20H22F3N3O2. The molecule has 8 heteroatoms. The van der Waals surface area contributed by atoms with Crippen molar-refractivity contribution < 1.29 is 22.4 Å². The Bertz CT molecular complexity index is 829. The lowest BCUT2D eigenvalue weighted by Gasteiger charge is -2.23. The maximum Gasteiger partial charge on any atom is 0.390 e. The van der Waals surface area contributed by atoms with Gasteiger partial charge < -0.3 is 4.42 Å². The van der Waals surface area contributed by atoms with Gasteiger partial charge in [-0.3, -0.25) is 9.69 Å². The molecule has 0 fully saturated rings. The first kappa shape index (κ1) is 20.1. The highest BCUT2D eigenvalue weighted by Gasteiger charge is 2.35. The molecule has 1 atom stereocenters. The van der Waals surface area contributed by atoms with Crippen molar-refractivity contribution in [1.29, 1.82) is 0 Å². The first-order valence-corrected chi connectivity index (χ1v) is 8.98. The van der Waals surface area contributed by atoms with Crippen molar-refractivity contribution in [2.45, 2.75) is 32.0 Å². The Hall–Kier alpha value is -2.61. The van der Waals surface area contributed by atoms with Crippen molar-refractivity contribution in [1.82, 2.24) is 9.91 Å². The number of hydrogen-bond acceptors (Lipinski definition) is 4. The van der Waals surface area contributed by atoms with Gasteiger partial charge in [-0.25, -0.2) is 5.01 Å². The minimum Gasteiger partial charge on any atom is -0.467 e. The highest BCUT2D eigenvalue weighted by molar-refractivity contribution is 6.03. The van der Waals surface area contributed by atoms with E-state index in [1.165, 1.54) is 23.2 Å². The van der Waals surface area contributed by atoms with Crippen LogP contribution in [0, 0.1) is 6.92 Å². The molecule has 2 aromatic rings. The Morgan fingerprint density at radius 3 is 2.61 bits per heavy atom. The number of rotatable bonds is 6. The fraction of sp³-hybridized carbons (Fsp3) is 0.400. The number of nitrogens with zero attached hydrogens (tertiary/aromatic N) is 3. The molecule has 28 heavy (non-hydrogen) atoms. The van der Waals surface area contributed by atoms with Gasteiger partial charge >= 0.3 is 6.18 Å². The molecule has 0 saturated carbocycles. The van der Waals surface area contributed by atoms with Crippen LogP contribution >= 0.6 is 0 Å². The zero-order chi connectivity index (χ0) is 20.3. The van der Waals surface area contributed by atoms with Crippen LogP contribution < -0.4 is 0 Å². The summed E-state index contributed by atoms with van der Waals surface area (Å²) in [6.07, 6.45) is -3.21. The lowest BCUT2D eigenvalue weighted by Crippen LogP contribution is -2.37. The van der Waals surface area contributed by atoms with Crippen LogP contribution in [0.5, 0.6) is 0 Å². The molecule has 0 spiro atoms. The van der Waals surface area contributed by atoms with E-state index in [-0.39, 0.29) is 19.0 Å². The van der Waals surface area contributed by atoms with E-state index in [4.69, 9.17) is 4.42 Å². The third kappa shape index (κ3) is 5.01. The SMILES string of the molecule is Cc1ccc(C2=NN(C(=O)CN(C)CCC(F)(F)F)C(c3ccco3)C2)cc1. The van der Waals surface area contributed by atoms with Crippen LogP contribution in [-0.2, 0) is 4.79 Å². The molecule has 0 N–H and O–H groups in total. The smallest absolute Gasteiger partial charge is 0.390 e. The Labute approximate surface area is 161 Å². The average Bonchev–Trinajstić information content (AvgIpc) is 3.29. The summed E-state index contributed by atoms with van der Waals surface area (Å²) in [5.74, 6) is 0.227. The van der Waals surface area contributed by atoms with Crippen LogP contribution in [0.15, 0.2) is 52.2 Å². The molecule has 1 aromatic heterocycles. The number of alkyl halides is 3. The third-order valence-electron chi connectivity index (χ3n) is 4.60. The Kier molecular flexibility index (Phi) is 5.88. The molecule has 2 heterocycles. The summed E-state index contributed by atoms with van der Waals surface area (Å²) in [6, 6.07) is 10.9. The molecule has 5 nitrogen and oxygen atoms in total. The average molecular weight is 393 g/mol. The number of halogens is 3. The van der Waals surface area contributed by atoms with E-state index in [2.05, 4.69) is 5.10 Å². The number of amides is 1. The molecule has 1 aliphatic heterocycles. The maximum atomic E-state index is 12.8. The normalized spacial score (nSPS) is 17.3. The largest absolute Gasteiger partial charge is 0.467 e. The lowest BCUT2D eigenvalue weighted by molar-refractivity contribution is -0.142. The van der Waals surface area contributed by atoms with Gasteiger partial charge in [-0.1, -0.05) is 29.8 Å². The van der Waals surface area contributed by atoms with Crippen molar-refractivity contribution in [3.63, 3.8) is 0 Å². The highest BCUT2D eigenvalue weighted by atomic mass is 19.4. The van der Waals surface area contributed by atoms with Crippen LogP contribution in [0.25, 0.3) is 0 Å². The lowest BCUT2D eigenvalue weighted by atomic mass is 10.0. The standard InChI is InChI=1S/C20H22F3N3O2/c1-14-5-7-15(8-6-14)16-12-17(18-4-3-11-28-18)26(24-16)19(27)13-25(2)10-9-20(21,22)23/h3-8,11,17H,9-10,12-13H2,1-2H3. The number of carbonyl (C=O) groups excluding carboxylic acids is 1. The second-order valence-electron chi connectivity index (χ2n) is 6.99. The number of furan rings is 1. The van der Waals surface area contributed by atoms with Crippen LogP contribution in [-0.4, -0.2) is 47.8 Å². The summed E-state index contributed by atoms with van der Waals surface area (Å²) in [7, 11) is 1.49. The quantitative estimate of drug-likeness (QED) is 0.741. The summed E-state index contributed by atoms with van der Waals surface area (Å²) in [5, 5.41) is 5.81. The summed E-state index contributed by atoms with van der Waals surface area (Å²) < 4.78 is 42.7. The predicted octanol–water partition coefficient (Wildman–Crippen LogP) is 4.15. The number of carbonyl (C=O) groups is 1. The monoisotopic (exact) mass is 393 g/mol. The minimum atomic E-state index is -4.25. The summed E-state index contributed by atoms with van der Waals surface area (Å²) in [4.78, 5) is 14.1. The van der Waals surface area contributed by atoms with E-state index in [1.54, 1.807) is 12.1 Å². The second-order valence-corrected chi connectivity index (χ2v) is 6.99. The first-order chi connectivity index (χ1) is 13.2. The Morgan fingerprint density at radius 2 is 2.00 bits per heavy atom. The van der Waals surface area contributed by atoms with Crippen LogP contribution in [0.1, 0.15) is 35.8 Å². The molecule has 1 aliphatic rings. The van der Waals surface area contributed by atoms with Crippen LogP contribution in [0.2, 0.25) is 0 Å². The number of hydrogen-bond donors (Lipinski definition) is 0. The second kappa shape index (κ2) is 8.18. The van der Waals surface area contributed by atoms with Gasteiger partial charge in [0, 0.05) is 13.0 Å². The van der Waals surface area contributed by atoms with Gasteiger partial charge in [0.2, 0.25) is 0 Å². The van der Waals surface area contributed by atoms with Crippen molar-refractivity contribution in [3.05, 3.63) is 59.5 Å². The molecule has 0 bridgehead atoms. The highest BCUT2D eigenvalue weighted by Crippen LogP contribution is 2.33. The van der Waals surface area contributed by atoms with E-state index < -0.39 is 18.6 Å². The van der Waals surface area contributed by atoms with Gasteiger partial charge in [0.05, 0.1) is 24.9 Å². The maximum absolute atomic E-state index is 12.8. The number of likely N-dealkylation sites (N-methyl/N-ethyl adjacent to an activating group) is 1. The molecule has 1 amide bonds. The molecule has 0 saturated heterocycles. The van der Waals surface area contributed by atoms with E-state index in [0.717, 1.165) is 16.8 Å². The number of aryl methyl sites for hydroxylation is 1. The Balaban J connectivity index is 1.76. The summed E-state index contributed by atoms with van der Waals surface area (Å²) >= 11 is 0. The van der Waals surface area contributed by atoms with E-state index in [0.29, 0.717) is 12.2 Å². The van der Waals surface area contributed by atoms with Gasteiger partial charge in [-0.2, -0.15) is 18.3 Å². The van der Waals surface area contributed by atoms with Gasteiger partial charge in [0.25, 0.3) is 5.91 Å².